The Bertz CT molecular complexity index is 599. The summed E-state index contributed by atoms with van der Waals surface area (Å²) in [7, 11) is 0. The summed E-state index contributed by atoms with van der Waals surface area (Å²) < 4.78 is 0. The number of amides is 2. The number of imide groups is 1. The molecule has 0 N–H and O–H groups in total. The van der Waals surface area contributed by atoms with Crippen LogP contribution < -0.4 is 4.90 Å². The molecular formula is C12H7ClN2O2. The Hall–Kier alpha value is -2.12. The number of hydrogen-bond donors (Lipinski definition) is 0. The van der Waals surface area contributed by atoms with Gasteiger partial charge in [-0.25, -0.2) is 4.90 Å². The van der Waals surface area contributed by atoms with Gasteiger partial charge < -0.3 is 0 Å². The molecule has 1 heterocycles. The van der Waals surface area contributed by atoms with Gasteiger partial charge in [0, 0.05) is 11.6 Å². The van der Waals surface area contributed by atoms with E-state index in [0.717, 1.165) is 4.90 Å². The van der Waals surface area contributed by atoms with Crippen LogP contribution in [0.15, 0.2) is 29.8 Å². The molecule has 84 valence electrons. The van der Waals surface area contributed by atoms with E-state index in [1.54, 1.807) is 6.92 Å². The molecule has 0 saturated heterocycles. The number of nitriles is 1. The maximum Gasteiger partial charge on any atom is 0.261 e. The molecule has 0 radical (unpaired) electrons. The Morgan fingerprint density at radius 3 is 2.53 bits per heavy atom. The minimum atomic E-state index is -0.417. The molecule has 0 bridgehead atoms. The van der Waals surface area contributed by atoms with Crippen molar-refractivity contribution in [1.29, 1.82) is 5.26 Å². The molecule has 2 amide bonds. The van der Waals surface area contributed by atoms with Crippen molar-refractivity contribution in [2.45, 2.75) is 6.92 Å². The van der Waals surface area contributed by atoms with E-state index in [2.05, 4.69) is 0 Å². The Morgan fingerprint density at radius 1 is 1.35 bits per heavy atom. The summed E-state index contributed by atoms with van der Waals surface area (Å²) in [6.45, 7) is 1.57. The molecule has 1 aliphatic rings. The standard InChI is InChI=1S/C12H7ClN2O2/c1-7-4-11(16)15(12(7)17)10-3-2-8(6-14)5-9(10)13/h2-5H,1H3. The van der Waals surface area contributed by atoms with Crippen molar-refractivity contribution in [3.8, 4) is 6.07 Å². The minimum Gasteiger partial charge on any atom is -0.269 e. The molecule has 5 heteroatoms. The molecule has 4 nitrogen and oxygen atoms in total. The maximum atomic E-state index is 11.7. The van der Waals surface area contributed by atoms with E-state index in [-0.39, 0.29) is 10.9 Å². The van der Waals surface area contributed by atoms with E-state index in [0.29, 0.717) is 16.8 Å². The van der Waals surface area contributed by atoms with Crippen LogP contribution in [-0.4, -0.2) is 11.8 Å². The molecule has 0 aromatic heterocycles. The fourth-order valence-corrected chi connectivity index (χ4v) is 1.84. The molecular weight excluding hydrogens is 240 g/mol. The second-order valence-corrected chi connectivity index (χ2v) is 3.99. The number of benzene rings is 1. The van der Waals surface area contributed by atoms with Gasteiger partial charge >= 0.3 is 0 Å². The van der Waals surface area contributed by atoms with E-state index in [9.17, 15) is 9.59 Å². The lowest BCUT2D eigenvalue weighted by molar-refractivity contribution is -0.120. The van der Waals surface area contributed by atoms with Crippen molar-refractivity contribution in [3.05, 3.63) is 40.4 Å². The second-order valence-electron chi connectivity index (χ2n) is 3.58. The number of anilines is 1. The summed E-state index contributed by atoms with van der Waals surface area (Å²) in [5.74, 6) is -0.805. The van der Waals surface area contributed by atoms with Gasteiger partial charge in [-0.05, 0) is 25.1 Å². The van der Waals surface area contributed by atoms with Gasteiger partial charge in [0.15, 0.2) is 0 Å². The zero-order chi connectivity index (χ0) is 12.6. The molecule has 1 aromatic carbocycles. The van der Waals surface area contributed by atoms with Gasteiger partial charge in [-0.1, -0.05) is 11.6 Å². The van der Waals surface area contributed by atoms with Gasteiger partial charge in [-0.15, -0.1) is 0 Å². The van der Waals surface area contributed by atoms with Crippen molar-refractivity contribution in [3.63, 3.8) is 0 Å². The van der Waals surface area contributed by atoms with Crippen LogP contribution in [0.4, 0.5) is 5.69 Å². The molecule has 17 heavy (non-hydrogen) atoms. The monoisotopic (exact) mass is 246 g/mol. The summed E-state index contributed by atoms with van der Waals surface area (Å²) in [4.78, 5) is 24.3. The van der Waals surface area contributed by atoms with E-state index >= 15 is 0 Å². The fourth-order valence-electron chi connectivity index (χ4n) is 1.57. The number of carbonyl (C=O) groups is 2. The van der Waals surface area contributed by atoms with E-state index in [1.165, 1.54) is 24.3 Å². The molecule has 1 aliphatic heterocycles. The highest BCUT2D eigenvalue weighted by molar-refractivity contribution is 6.38. The highest BCUT2D eigenvalue weighted by Gasteiger charge is 2.31. The van der Waals surface area contributed by atoms with Crippen LogP contribution in [0.2, 0.25) is 5.02 Å². The Balaban J connectivity index is 2.47. The zero-order valence-electron chi connectivity index (χ0n) is 8.90. The predicted octanol–water partition coefficient (Wildman–Crippen LogP) is 2.03. The number of hydrogen-bond acceptors (Lipinski definition) is 3. The number of halogens is 1. The summed E-state index contributed by atoms with van der Waals surface area (Å²) in [6.07, 6.45) is 1.26. The van der Waals surface area contributed by atoms with E-state index in [1.807, 2.05) is 6.07 Å². The fraction of sp³-hybridized carbons (Fsp3) is 0.0833. The topological polar surface area (TPSA) is 61.2 Å². The van der Waals surface area contributed by atoms with Gasteiger partial charge in [0.05, 0.1) is 22.3 Å². The molecule has 0 spiro atoms. The lowest BCUT2D eigenvalue weighted by atomic mass is 10.2. The maximum absolute atomic E-state index is 11.7. The van der Waals surface area contributed by atoms with Crippen LogP contribution in [-0.2, 0) is 9.59 Å². The van der Waals surface area contributed by atoms with Crippen molar-refractivity contribution >= 4 is 29.1 Å². The van der Waals surface area contributed by atoms with Gasteiger partial charge in [-0.2, -0.15) is 5.26 Å². The first kappa shape index (κ1) is 11.4. The van der Waals surface area contributed by atoms with Crippen LogP contribution in [0.25, 0.3) is 0 Å². The minimum absolute atomic E-state index is 0.203. The molecule has 1 aromatic rings. The predicted molar refractivity (Wildman–Crippen MR) is 62.4 cm³/mol. The summed E-state index contributed by atoms with van der Waals surface area (Å²) >= 11 is 5.95. The molecule has 0 atom stereocenters. The highest BCUT2D eigenvalue weighted by atomic mass is 35.5. The Kier molecular flexibility index (Phi) is 2.70. The Labute approximate surface area is 103 Å². The quantitative estimate of drug-likeness (QED) is 0.713. The van der Waals surface area contributed by atoms with Crippen molar-refractivity contribution < 1.29 is 9.59 Å². The normalized spacial score (nSPS) is 14.9. The summed E-state index contributed by atoms with van der Waals surface area (Å²) in [5.41, 5.74) is 1.05. The van der Waals surface area contributed by atoms with Crippen LogP contribution >= 0.6 is 11.6 Å². The van der Waals surface area contributed by atoms with Crippen molar-refractivity contribution in [1.82, 2.24) is 0 Å². The van der Waals surface area contributed by atoms with Crippen LogP contribution in [0, 0.1) is 11.3 Å². The van der Waals surface area contributed by atoms with Crippen molar-refractivity contribution in [2.24, 2.45) is 0 Å². The smallest absolute Gasteiger partial charge is 0.261 e. The van der Waals surface area contributed by atoms with Crippen LogP contribution in [0.5, 0.6) is 0 Å². The molecule has 0 fully saturated rings. The van der Waals surface area contributed by atoms with Crippen molar-refractivity contribution in [2.75, 3.05) is 4.90 Å². The molecule has 0 saturated carbocycles. The average molecular weight is 247 g/mol. The number of carbonyl (C=O) groups excluding carboxylic acids is 2. The first-order valence-electron chi connectivity index (χ1n) is 4.81. The molecule has 2 rings (SSSR count). The van der Waals surface area contributed by atoms with Gasteiger partial charge in [0.25, 0.3) is 11.8 Å². The Morgan fingerprint density at radius 2 is 2.06 bits per heavy atom. The summed E-state index contributed by atoms with van der Waals surface area (Å²) in [6, 6.07) is 6.35. The second kappa shape index (κ2) is 4.04. The van der Waals surface area contributed by atoms with Crippen LogP contribution in [0.1, 0.15) is 12.5 Å². The van der Waals surface area contributed by atoms with Gasteiger partial charge in [0.2, 0.25) is 0 Å². The zero-order valence-corrected chi connectivity index (χ0v) is 9.65. The van der Waals surface area contributed by atoms with Gasteiger partial charge in [-0.3, -0.25) is 9.59 Å². The average Bonchev–Trinajstić information content (AvgIpc) is 2.54. The molecule has 0 unspecified atom stereocenters. The first-order valence-corrected chi connectivity index (χ1v) is 5.19. The third kappa shape index (κ3) is 1.81. The third-order valence-corrected chi connectivity index (χ3v) is 2.72. The highest BCUT2D eigenvalue weighted by Crippen LogP contribution is 2.30. The lowest BCUT2D eigenvalue weighted by Crippen LogP contribution is -2.30. The lowest BCUT2D eigenvalue weighted by Gasteiger charge is -2.15. The van der Waals surface area contributed by atoms with Crippen LogP contribution in [0.3, 0.4) is 0 Å². The third-order valence-electron chi connectivity index (χ3n) is 2.42. The first-order chi connectivity index (χ1) is 8.04. The largest absolute Gasteiger partial charge is 0.269 e. The molecule has 0 aliphatic carbocycles. The van der Waals surface area contributed by atoms with E-state index < -0.39 is 5.91 Å². The number of rotatable bonds is 1. The SMILES string of the molecule is CC1=CC(=O)N(c2ccc(C#N)cc2Cl)C1=O. The number of nitrogens with zero attached hydrogens (tertiary/aromatic N) is 2. The van der Waals surface area contributed by atoms with Gasteiger partial charge in [0.1, 0.15) is 0 Å². The van der Waals surface area contributed by atoms with E-state index in [4.69, 9.17) is 16.9 Å². The summed E-state index contributed by atoms with van der Waals surface area (Å²) in [5, 5.41) is 8.90.